The van der Waals surface area contributed by atoms with Gasteiger partial charge in [-0.2, -0.15) is 5.10 Å². The van der Waals surface area contributed by atoms with Crippen molar-refractivity contribution in [3.8, 4) is 11.6 Å². The number of aromatic nitrogens is 3. The van der Waals surface area contributed by atoms with E-state index in [1.165, 1.54) is 0 Å². The number of nitrogens with zero attached hydrogens (tertiary/aromatic N) is 3. The first-order valence-electron chi connectivity index (χ1n) is 4.02. The number of rotatable bonds is 2. The number of pyridine rings is 1. The average Bonchev–Trinajstić information content (AvgIpc) is 2.65. The van der Waals surface area contributed by atoms with Crippen LogP contribution in [0.3, 0.4) is 0 Å². The van der Waals surface area contributed by atoms with Gasteiger partial charge >= 0.3 is 0 Å². The molecule has 2 aromatic rings. The molecule has 0 saturated carbocycles. The van der Waals surface area contributed by atoms with Gasteiger partial charge in [-0.25, -0.2) is 9.67 Å². The van der Waals surface area contributed by atoms with Crippen molar-refractivity contribution in [3.05, 3.63) is 35.2 Å². The second kappa shape index (κ2) is 3.79. The number of hydrogen-bond donors (Lipinski definition) is 0. The predicted octanol–water partition coefficient (Wildman–Crippen LogP) is 2.04. The highest BCUT2D eigenvalue weighted by Gasteiger charge is 2.06. The van der Waals surface area contributed by atoms with Gasteiger partial charge in [-0.1, -0.05) is 0 Å². The topological polar surface area (TPSA) is 39.9 Å². The van der Waals surface area contributed by atoms with Crippen LogP contribution in [-0.4, -0.2) is 21.9 Å². The standard InChI is InChI=1S/C9H8BrN3O/c1-14-7-3-2-5-11-9(7)13-6-4-8(10)12-13/h2-6H,1H3. The van der Waals surface area contributed by atoms with Crippen molar-refractivity contribution in [3.63, 3.8) is 0 Å². The number of hydrogen-bond acceptors (Lipinski definition) is 3. The van der Waals surface area contributed by atoms with Crippen molar-refractivity contribution >= 4 is 15.9 Å². The van der Waals surface area contributed by atoms with Gasteiger partial charge in [0.25, 0.3) is 0 Å². The first-order chi connectivity index (χ1) is 6.81. The monoisotopic (exact) mass is 253 g/mol. The molecule has 5 heteroatoms. The highest BCUT2D eigenvalue weighted by molar-refractivity contribution is 9.10. The molecule has 2 heterocycles. The lowest BCUT2D eigenvalue weighted by Crippen LogP contribution is -2.00. The SMILES string of the molecule is COc1cccnc1-n1ccc(Br)n1. The van der Waals surface area contributed by atoms with Crippen LogP contribution in [0.4, 0.5) is 0 Å². The summed E-state index contributed by atoms with van der Waals surface area (Å²) in [7, 11) is 1.61. The molecule has 0 atom stereocenters. The molecule has 0 saturated heterocycles. The van der Waals surface area contributed by atoms with Crippen LogP contribution in [0, 0.1) is 0 Å². The molecule has 0 aliphatic carbocycles. The summed E-state index contributed by atoms with van der Waals surface area (Å²) < 4.78 is 7.59. The molecule has 0 unspecified atom stereocenters. The molecule has 0 aliphatic heterocycles. The zero-order valence-corrected chi connectivity index (χ0v) is 9.10. The van der Waals surface area contributed by atoms with Crippen LogP contribution in [0.5, 0.6) is 5.75 Å². The Hall–Kier alpha value is -1.36. The van der Waals surface area contributed by atoms with Gasteiger partial charge in [0, 0.05) is 12.4 Å². The van der Waals surface area contributed by atoms with E-state index in [1.54, 1.807) is 18.0 Å². The third kappa shape index (κ3) is 1.63. The summed E-state index contributed by atoms with van der Waals surface area (Å²) >= 11 is 3.28. The number of halogens is 1. The zero-order valence-electron chi connectivity index (χ0n) is 7.51. The molecule has 4 nitrogen and oxygen atoms in total. The second-order valence-corrected chi connectivity index (χ2v) is 3.42. The first kappa shape index (κ1) is 9.21. The Morgan fingerprint density at radius 1 is 1.43 bits per heavy atom. The average molecular weight is 254 g/mol. The van der Waals surface area contributed by atoms with Gasteiger partial charge in [0.2, 0.25) is 0 Å². The van der Waals surface area contributed by atoms with E-state index in [4.69, 9.17) is 4.74 Å². The van der Waals surface area contributed by atoms with Crippen LogP contribution in [-0.2, 0) is 0 Å². The van der Waals surface area contributed by atoms with E-state index in [0.717, 1.165) is 4.60 Å². The predicted molar refractivity (Wildman–Crippen MR) is 55.6 cm³/mol. The van der Waals surface area contributed by atoms with Crippen LogP contribution in [0.15, 0.2) is 35.2 Å². The fourth-order valence-electron chi connectivity index (χ4n) is 1.13. The maximum Gasteiger partial charge on any atom is 0.196 e. The quantitative estimate of drug-likeness (QED) is 0.823. The summed E-state index contributed by atoms with van der Waals surface area (Å²) in [4.78, 5) is 4.19. The van der Waals surface area contributed by atoms with Crippen LogP contribution < -0.4 is 4.74 Å². The van der Waals surface area contributed by atoms with Crippen molar-refractivity contribution in [2.24, 2.45) is 0 Å². The van der Waals surface area contributed by atoms with Gasteiger partial charge < -0.3 is 4.74 Å². The van der Waals surface area contributed by atoms with Gasteiger partial charge in [-0.15, -0.1) is 0 Å². The molecule has 0 bridgehead atoms. The molecule has 0 aromatic carbocycles. The number of methoxy groups -OCH3 is 1. The van der Waals surface area contributed by atoms with Gasteiger partial charge in [-0.3, -0.25) is 0 Å². The van der Waals surface area contributed by atoms with E-state index in [0.29, 0.717) is 11.6 Å². The van der Waals surface area contributed by atoms with Crippen molar-refractivity contribution < 1.29 is 4.74 Å². The summed E-state index contributed by atoms with van der Waals surface area (Å²) in [5, 5.41) is 4.18. The minimum Gasteiger partial charge on any atom is -0.493 e. The maximum absolute atomic E-state index is 5.17. The smallest absolute Gasteiger partial charge is 0.196 e. The Morgan fingerprint density at radius 2 is 2.29 bits per heavy atom. The molecule has 0 spiro atoms. The molecule has 0 aliphatic rings. The summed E-state index contributed by atoms with van der Waals surface area (Å²) in [5.41, 5.74) is 0. The molecule has 14 heavy (non-hydrogen) atoms. The third-order valence-corrected chi connectivity index (χ3v) is 2.17. The molecule has 0 amide bonds. The minimum atomic E-state index is 0.681. The second-order valence-electron chi connectivity index (χ2n) is 2.61. The lowest BCUT2D eigenvalue weighted by Gasteiger charge is -2.05. The molecule has 2 aromatic heterocycles. The lowest BCUT2D eigenvalue weighted by molar-refractivity contribution is 0.409. The Bertz CT molecular complexity index is 441. The Labute approximate surface area is 89.7 Å². The molecule has 0 fully saturated rings. The van der Waals surface area contributed by atoms with Crippen LogP contribution in [0.25, 0.3) is 5.82 Å². The van der Waals surface area contributed by atoms with E-state index >= 15 is 0 Å². The van der Waals surface area contributed by atoms with Crippen molar-refractivity contribution in [1.82, 2.24) is 14.8 Å². The summed E-state index contributed by atoms with van der Waals surface area (Å²) in [6.45, 7) is 0. The van der Waals surface area contributed by atoms with Crippen LogP contribution in [0.1, 0.15) is 0 Å². The third-order valence-electron chi connectivity index (χ3n) is 1.74. The van der Waals surface area contributed by atoms with Gasteiger partial charge in [0.15, 0.2) is 11.6 Å². The molecular formula is C9H8BrN3O. The Morgan fingerprint density at radius 3 is 2.93 bits per heavy atom. The van der Waals surface area contributed by atoms with Gasteiger partial charge in [0.1, 0.15) is 4.60 Å². The van der Waals surface area contributed by atoms with Crippen LogP contribution in [0.2, 0.25) is 0 Å². The fourth-order valence-corrected chi connectivity index (χ4v) is 1.42. The normalized spacial score (nSPS) is 10.1. The van der Waals surface area contributed by atoms with E-state index in [1.807, 2.05) is 24.4 Å². The minimum absolute atomic E-state index is 0.681. The Balaban J connectivity index is 2.50. The highest BCUT2D eigenvalue weighted by Crippen LogP contribution is 2.19. The summed E-state index contributed by atoms with van der Waals surface area (Å²) in [6.07, 6.45) is 3.52. The summed E-state index contributed by atoms with van der Waals surface area (Å²) in [5.74, 6) is 1.38. The first-order valence-corrected chi connectivity index (χ1v) is 4.81. The fraction of sp³-hybridized carbons (Fsp3) is 0.111. The lowest BCUT2D eigenvalue weighted by atomic mass is 10.4. The molecular weight excluding hydrogens is 246 g/mol. The van der Waals surface area contributed by atoms with Crippen molar-refractivity contribution in [2.75, 3.05) is 7.11 Å². The van der Waals surface area contributed by atoms with E-state index in [2.05, 4.69) is 26.0 Å². The molecule has 0 radical (unpaired) electrons. The maximum atomic E-state index is 5.17. The highest BCUT2D eigenvalue weighted by atomic mass is 79.9. The van der Waals surface area contributed by atoms with Crippen molar-refractivity contribution in [1.29, 1.82) is 0 Å². The Kier molecular flexibility index (Phi) is 2.49. The van der Waals surface area contributed by atoms with E-state index < -0.39 is 0 Å². The molecule has 0 N–H and O–H groups in total. The zero-order chi connectivity index (χ0) is 9.97. The largest absolute Gasteiger partial charge is 0.493 e. The van der Waals surface area contributed by atoms with Gasteiger partial charge in [0.05, 0.1) is 7.11 Å². The van der Waals surface area contributed by atoms with E-state index in [-0.39, 0.29) is 0 Å². The van der Waals surface area contributed by atoms with Crippen LogP contribution >= 0.6 is 15.9 Å². The summed E-state index contributed by atoms with van der Waals surface area (Å²) in [6, 6.07) is 5.51. The molecule has 2 rings (SSSR count). The number of ether oxygens (including phenoxy) is 1. The van der Waals surface area contributed by atoms with Gasteiger partial charge in [-0.05, 0) is 34.1 Å². The molecule has 72 valence electrons. The van der Waals surface area contributed by atoms with Crippen molar-refractivity contribution in [2.45, 2.75) is 0 Å². The van der Waals surface area contributed by atoms with E-state index in [9.17, 15) is 0 Å².